The third-order valence-electron chi connectivity index (χ3n) is 3.38. The number of nitrogens with zero attached hydrogens (tertiary/aromatic N) is 1. The molecular formula is C16H23Br2NO. The molecule has 0 saturated carbocycles. The maximum atomic E-state index is 12.4. The van der Waals surface area contributed by atoms with Crippen LogP contribution in [0.5, 0.6) is 0 Å². The highest BCUT2D eigenvalue weighted by Crippen LogP contribution is 2.28. The summed E-state index contributed by atoms with van der Waals surface area (Å²) in [5, 5.41) is 0.966. The van der Waals surface area contributed by atoms with Gasteiger partial charge < -0.3 is 4.90 Å². The minimum absolute atomic E-state index is 0.113. The van der Waals surface area contributed by atoms with E-state index in [0.29, 0.717) is 6.42 Å². The van der Waals surface area contributed by atoms with Gasteiger partial charge in [-0.1, -0.05) is 57.0 Å². The van der Waals surface area contributed by atoms with E-state index < -0.39 is 0 Å². The monoisotopic (exact) mass is 403 g/mol. The SMILES string of the molecule is CCCN(C(=O)CCCCBr)C(C)c1ccccc1Br. The van der Waals surface area contributed by atoms with Gasteiger partial charge in [-0.25, -0.2) is 0 Å². The Kier molecular flexibility index (Phi) is 8.46. The van der Waals surface area contributed by atoms with Gasteiger partial charge in [0, 0.05) is 22.8 Å². The van der Waals surface area contributed by atoms with E-state index in [0.717, 1.165) is 35.6 Å². The Labute approximate surface area is 139 Å². The summed E-state index contributed by atoms with van der Waals surface area (Å²) in [6.45, 7) is 5.04. The van der Waals surface area contributed by atoms with Crippen molar-refractivity contribution in [2.45, 2.75) is 45.6 Å². The van der Waals surface area contributed by atoms with Crippen LogP contribution >= 0.6 is 31.9 Å². The summed E-state index contributed by atoms with van der Waals surface area (Å²) in [5.74, 6) is 0.260. The number of hydrogen-bond acceptors (Lipinski definition) is 1. The molecule has 0 spiro atoms. The van der Waals surface area contributed by atoms with Crippen molar-refractivity contribution in [2.75, 3.05) is 11.9 Å². The molecule has 0 fully saturated rings. The first-order valence-electron chi connectivity index (χ1n) is 7.21. The van der Waals surface area contributed by atoms with Crippen molar-refractivity contribution in [1.82, 2.24) is 4.90 Å². The molecule has 0 bridgehead atoms. The Balaban J connectivity index is 2.79. The van der Waals surface area contributed by atoms with Gasteiger partial charge in [-0.2, -0.15) is 0 Å². The fourth-order valence-corrected chi connectivity index (χ4v) is 3.28. The molecule has 20 heavy (non-hydrogen) atoms. The first kappa shape index (κ1) is 17.7. The van der Waals surface area contributed by atoms with Crippen LogP contribution in [-0.4, -0.2) is 22.7 Å². The summed E-state index contributed by atoms with van der Waals surface area (Å²) in [5.41, 5.74) is 1.18. The van der Waals surface area contributed by atoms with Crippen LogP contribution < -0.4 is 0 Å². The number of halogens is 2. The number of carbonyl (C=O) groups excluding carboxylic acids is 1. The highest BCUT2D eigenvalue weighted by atomic mass is 79.9. The van der Waals surface area contributed by atoms with Gasteiger partial charge in [-0.15, -0.1) is 0 Å². The predicted octanol–water partition coefficient (Wildman–Crippen LogP) is 5.31. The molecule has 1 aromatic rings. The lowest BCUT2D eigenvalue weighted by molar-refractivity contribution is -0.133. The molecule has 1 rings (SSSR count). The molecule has 1 unspecified atom stereocenters. The minimum atomic E-state index is 0.113. The summed E-state index contributed by atoms with van der Waals surface area (Å²) in [7, 11) is 0. The van der Waals surface area contributed by atoms with Crippen LogP contribution in [0.2, 0.25) is 0 Å². The van der Waals surface area contributed by atoms with Crippen LogP contribution in [0.4, 0.5) is 0 Å². The lowest BCUT2D eigenvalue weighted by Crippen LogP contribution is -2.34. The largest absolute Gasteiger partial charge is 0.336 e. The third kappa shape index (κ3) is 5.21. The van der Waals surface area contributed by atoms with E-state index in [9.17, 15) is 4.79 Å². The second kappa shape index (κ2) is 9.56. The average Bonchev–Trinajstić information content (AvgIpc) is 2.44. The van der Waals surface area contributed by atoms with E-state index in [1.807, 2.05) is 23.1 Å². The second-order valence-electron chi connectivity index (χ2n) is 4.93. The standard InChI is InChI=1S/C16H23Br2NO/c1-3-12-19(16(20)10-6-7-11-17)13(2)14-8-4-5-9-15(14)18/h4-5,8-9,13H,3,6-7,10-12H2,1-2H3. The van der Waals surface area contributed by atoms with E-state index in [1.165, 1.54) is 5.56 Å². The molecule has 0 aromatic heterocycles. The number of alkyl halides is 1. The molecule has 4 heteroatoms. The molecule has 1 atom stereocenters. The van der Waals surface area contributed by atoms with Crippen LogP contribution in [0, 0.1) is 0 Å². The molecule has 0 aliphatic carbocycles. The molecule has 0 aliphatic rings. The molecule has 0 saturated heterocycles. The van der Waals surface area contributed by atoms with Gasteiger partial charge in [0.2, 0.25) is 5.91 Å². The van der Waals surface area contributed by atoms with Crippen LogP contribution in [-0.2, 0) is 4.79 Å². The van der Waals surface area contributed by atoms with Gasteiger partial charge >= 0.3 is 0 Å². The highest BCUT2D eigenvalue weighted by Gasteiger charge is 2.21. The number of rotatable bonds is 8. The predicted molar refractivity (Wildman–Crippen MR) is 92.2 cm³/mol. The molecule has 0 heterocycles. The van der Waals surface area contributed by atoms with Gasteiger partial charge in [0.05, 0.1) is 6.04 Å². The molecule has 112 valence electrons. The molecule has 1 aromatic carbocycles. The van der Waals surface area contributed by atoms with Crippen molar-refractivity contribution in [3.8, 4) is 0 Å². The van der Waals surface area contributed by atoms with Crippen molar-refractivity contribution >= 4 is 37.8 Å². The Hall–Kier alpha value is -0.350. The molecule has 2 nitrogen and oxygen atoms in total. The first-order chi connectivity index (χ1) is 9.61. The Morgan fingerprint density at radius 1 is 1.30 bits per heavy atom. The fourth-order valence-electron chi connectivity index (χ4n) is 2.27. The third-order valence-corrected chi connectivity index (χ3v) is 4.66. The minimum Gasteiger partial charge on any atom is -0.336 e. The van der Waals surface area contributed by atoms with Gasteiger partial charge in [0.25, 0.3) is 0 Å². The molecule has 1 amide bonds. The van der Waals surface area contributed by atoms with E-state index in [1.54, 1.807) is 0 Å². The zero-order valence-electron chi connectivity index (χ0n) is 12.2. The Morgan fingerprint density at radius 2 is 2.00 bits per heavy atom. The Bertz CT molecular complexity index is 423. The summed E-state index contributed by atoms with van der Waals surface area (Å²) in [6, 6.07) is 8.26. The van der Waals surface area contributed by atoms with Crippen molar-refractivity contribution < 1.29 is 4.79 Å². The van der Waals surface area contributed by atoms with Crippen LogP contribution in [0.1, 0.15) is 51.1 Å². The number of amides is 1. The lowest BCUT2D eigenvalue weighted by Gasteiger charge is -2.30. The van der Waals surface area contributed by atoms with Crippen molar-refractivity contribution in [1.29, 1.82) is 0 Å². The van der Waals surface area contributed by atoms with Gasteiger partial charge in [0.15, 0.2) is 0 Å². The van der Waals surface area contributed by atoms with E-state index in [2.05, 4.69) is 51.8 Å². The maximum absolute atomic E-state index is 12.4. The van der Waals surface area contributed by atoms with Gasteiger partial charge in [-0.3, -0.25) is 4.79 Å². The quantitative estimate of drug-likeness (QED) is 0.424. The number of unbranched alkanes of at least 4 members (excludes halogenated alkanes) is 1. The van der Waals surface area contributed by atoms with Gasteiger partial charge in [0.1, 0.15) is 0 Å². The Morgan fingerprint density at radius 3 is 2.60 bits per heavy atom. The molecule has 0 radical (unpaired) electrons. The van der Waals surface area contributed by atoms with Crippen molar-refractivity contribution in [3.05, 3.63) is 34.3 Å². The van der Waals surface area contributed by atoms with E-state index >= 15 is 0 Å². The summed E-state index contributed by atoms with van der Waals surface area (Å²) >= 11 is 7.00. The lowest BCUT2D eigenvalue weighted by atomic mass is 10.1. The van der Waals surface area contributed by atoms with E-state index in [4.69, 9.17) is 0 Å². The number of benzene rings is 1. The summed E-state index contributed by atoms with van der Waals surface area (Å²) in [6.07, 6.45) is 3.63. The summed E-state index contributed by atoms with van der Waals surface area (Å²) < 4.78 is 1.07. The number of hydrogen-bond donors (Lipinski definition) is 0. The fraction of sp³-hybridized carbons (Fsp3) is 0.562. The second-order valence-corrected chi connectivity index (χ2v) is 6.58. The van der Waals surface area contributed by atoms with Crippen LogP contribution in [0.15, 0.2) is 28.7 Å². The van der Waals surface area contributed by atoms with Crippen LogP contribution in [0.3, 0.4) is 0 Å². The first-order valence-corrected chi connectivity index (χ1v) is 9.13. The normalized spacial score (nSPS) is 12.2. The smallest absolute Gasteiger partial charge is 0.223 e. The van der Waals surface area contributed by atoms with Crippen molar-refractivity contribution in [2.24, 2.45) is 0 Å². The summed E-state index contributed by atoms with van der Waals surface area (Å²) in [4.78, 5) is 14.4. The zero-order valence-corrected chi connectivity index (χ0v) is 15.4. The number of carbonyl (C=O) groups is 1. The molecule has 0 aliphatic heterocycles. The van der Waals surface area contributed by atoms with Crippen molar-refractivity contribution in [3.63, 3.8) is 0 Å². The zero-order chi connectivity index (χ0) is 15.0. The highest BCUT2D eigenvalue weighted by molar-refractivity contribution is 9.10. The van der Waals surface area contributed by atoms with E-state index in [-0.39, 0.29) is 11.9 Å². The van der Waals surface area contributed by atoms with Gasteiger partial charge in [-0.05, 0) is 37.8 Å². The molecule has 0 N–H and O–H groups in total. The van der Waals surface area contributed by atoms with Crippen LogP contribution in [0.25, 0.3) is 0 Å². The maximum Gasteiger partial charge on any atom is 0.223 e. The topological polar surface area (TPSA) is 20.3 Å². The average molecular weight is 405 g/mol. The molecular weight excluding hydrogens is 382 g/mol.